The summed E-state index contributed by atoms with van der Waals surface area (Å²) in [7, 11) is 0. The molecule has 1 aliphatic rings. The van der Waals surface area contributed by atoms with Crippen molar-refractivity contribution >= 4 is 12.4 Å². The zero-order chi connectivity index (χ0) is 12.3. The summed E-state index contributed by atoms with van der Waals surface area (Å²) in [5.41, 5.74) is 7.20. The van der Waals surface area contributed by atoms with Gasteiger partial charge in [-0.1, -0.05) is 6.92 Å². The highest BCUT2D eigenvalue weighted by Gasteiger charge is 2.25. The zero-order valence-corrected chi connectivity index (χ0v) is 12.2. The van der Waals surface area contributed by atoms with Gasteiger partial charge in [0.15, 0.2) is 0 Å². The van der Waals surface area contributed by atoms with Crippen LogP contribution in [-0.2, 0) is 13.1 Å². The molecule has 1 aromatic rings. The molecule has 4 nitrogen and oxygen atoms in total. The number of hydrogen-bond donors (Lipinski definition) is 1. The number of hydrogen-bond acceptors (Lipinski definition) is 3. The van der Waals surface area contributed by atoms with Crippen molar-refractivity contribution in [3.63, 3.8) is 0 Å². The third-order valence-corrected chi connectivity index (χ3v) is 3.84. The minimum Gasteiger partial charge on any atom is -0.329 e. The summed E-state index contributed by atoms with van der Waals surface area (Å²) in [5.74, 6) is 0.816. The van der Waals surface area contributed by atoms with E-state index in [0.717, 1.165) is 32.1 Å². The van der Waals surface area contributed by atoms with Gasteiger partial charge in [-0.15, -0.1) is 12.4 Å². The zero-order valence-electron chi connectivity index (χ0n) is 11.4. The lowest BCUT2D eigenvalue weighted by Gasteiger charge is -2.37. The van der Waals surface area contributed by atoms with Gasteiger partial charge in [-0.3, -0.25) is 9.58 Å². The van der Waals surface area contributed by atoms with E-state index >= 15 is 0 Å². The second-order valence-electron chi connectivity index (χ2n) is 5.13. The summed E-state index contributed by atoms with van der Waals surface area (Å²) < 4.78 is 2.08. The summed E-state index contributed by atoms with van der Waals surface area (Å²) in [6.07, 6.45) is 4.41. The standard InChI is InChI=1S/C13H24N4.ClH/c1-3-17-12(4-6-15-17)10-16-7-5-11(2)8-13(16)9-14;/h4,6,11,13H,3,5,7-10,14H2,1-2H3;1H. The highest BCUT2D eigenvalue weighted by atomic mass is 35.5. The Morgan fingerprint density at radius 1 is 1.50 bits per heavy atom. The first-order valence-corrected chi connectivity index (χ1v) is 6.69. The average Bonchev–Trinajstić information content (AvgIpc) is 2.78. The molecule has 1 aromatic heterocycles. The van der Waals surface area contributed by atoms with Gasteiger partial charge in [-0.25, -0.2) is 0 Å². The molecule has 1 fully saturated rings. The van der Waals surface area contributed by atoms with Crippen LogP contribution in [0.5, 0.6) is 0 Å². The molecule has 0 amide bonds. The monoisotopic (exact) mass is 272 g/mol. The maximum Gasteiger partial charge on any atom is 0.0524 e. The van der Waals surface area contributed by atoms with Gasteiger partial charge in [-0.2, -0.15) is 5.10 Å². The van der Waals surface area contributed by atoms with Crippen molar-refractivity contribution in [3.05, 3.63) is 18.0 Å². The van der Waals surface area contributed by atoms with Crippen LogP contribution >= 0.6 is 12.4 Å². The first-order valence-electron chi connectivity index (χ1n) is 6.69. The normalized spacial score (nSPS) is 24.8. The van der Waals surface area contributed by atoms with Crippen LogP contribution in [0.3, 0.4) is 0 Å². The van der Waals surface area contributed by atoms with Gasteiger partial charge in [0.1, 0.15) is 0 Å². The van der Waals surface area contributed by atoms with Crippen LogP contribution in [0.2, 0.25) is 0 Å². The first kappa shape index (κ1) is 15.5. The van der Waals surface area contributed by atoms with E-state index < -0.39 is 0 Å². The SMILES string of the molecule is CCn1nccc1CN1CCC(C)CC1CN.Cl. The molecule has 0 radical (unpaired) electrons. The van der Waals surface area contributed by atoms with E-state index in [4.69, 9.17) is 5.73 Å². The number of aryl methyl sites for hydroxylation is 1. The maximum absolute atomic E-state index is 5.89. The molecule has 0 bridgehead atoms. The Hall–Kier alpha value is -0.580. The van der Waals surface area contributed by atoms with Crippen LogP contribution in [-0.4, -0.2) is 33.8 Å². The predicted molar refractivity (Wildman–Crippen MR) is 76.8 cm³/mol. The van der Waals surface area contributed by atoms with Crippen LogP contribution in [0.1, 0.15) is 32.4 Å². The molecule has 2 heterocycles. The van der Waals surface area contributed by atoms with Crippen molar-refractivity contribution in [1.82, 2.24) is 14.7 Å². The maximum atomic E-state index is 5.89. The van der Waals surface area contributed by atoms with Crippen LogP contribution in [0, 0.1) is 5.92 Å². The Labute approximate surface area is 116 Å². The lowest BCUT2D eigenvalue weighted by molar-refractivity contribution is 0.112. The van der Waals surface area contributed by atoms with Crippen molar-refractivity contribution in [2.45, 2.75) is 45.8 Å². The molecule has 2 unspecified atom stereocenters. The Morgan fingerprint density at radius 2 is 2.28 bits per heavy atom. The van der Waals surface area contributed by atoms with Crippen molar-refractivity contribution < 1.29 is 0 Å². The Bertz CT molecular complexity index is 353. The Morgan fingerprint density at radius 3 is 2.94 bits per heavy atom. The molecule has 2 rings (SSSR count). The summed E-state index contributed by atoms with van der Waals surface area (Å²) >= 11 is 0. The molecular formula is C13H25ClN4. The molecule has 0 saturated carbocycles. The van der Waals surface area contributed by atoms with Gasteiger partial charge >= 0.3 is 0 Å². The van der Waals surface area contributed by atoms with Crippen molar-refractivity contribution in [1.29, 1.82) is 0 Å². The van der Waals surface area contributed by atoms with Gasteiger partial charge in [0.25, 0.3) is 0 Å². The van der Waals surface area contributed by atoms with Crippen molar-refractivity contribution in [3.8, 4) is 0 Å². The van der Waals surface area contributed by atoms with E-state index in [2.05, 4.69) is 34.6 Å². The second kappa shape index (κ2) is 7.12. The fourth-order valence-electron chi connectivity index (χ4n) is 2.74. The smallest absolute Gasteiger partial charge is 0.0524 e. The summed E-state index contributed by atoms with van der Waals surface area (Å²) in [4.78, 5) is 2.52. The lowest BCUT2D eigenvalue weighted by atomic mass is 9.92. The quantitative estimate of drug-likeness (QED) is 0.911. The third kappa shape index (κ3) is 3.46. The molecule has 0 aromatic carbocycles. The number of likely N-dealkylation sites (tertiary alicyclic amines) is 1. The van der Waals surface area contributed by atoms with E-state index in [1.165, 1.54) is 18.5 Å². The summed E-state index contributed by atoms with van der Waals surface area (Å²) in [5, 5.41) is 4.32. The number of nitrogens with two attached hydrogens (primary N) is 1. The number of piperidine rings is 1. The number of aromatic nitrogens is 2. The van der Waals surface area contributed by atoms with E-state index in [-0.39, 0.29) is 12.4 Å². The van der Waals surface area contributed by atoms with Gasteiger partial charge in [-0.05, 0) is 38.3 Å². The van der Waals surface area contributed by atoms with Crippen LogP contribution in [0.15, 0.2) is 12.3 Å². The number of halogens is 1. The third-order valence-electron chi connectivity index (χ3n) is 3.84. The fraction of sp³-hybridized carbons (Fsp3) is 0.769. The molecular weight excluding hydrogens is 248 g/mol. The van der Waals surface area contributed by atoms with Crippen LogP contribution in [0.4, 0.5) is 0 Å². The number of rotatable bonds is 4. The average molecular weight is 273 g/mol. The van der Waals surface area contributed by atoms with Gasteiger partial charge < -0.3 is 5.73 Å². The Kier molecular flexibility index (Phi) is 6.12. The molecule has 1 aliphatic heterocycles. The molecule has 5 heteroatoms. The first-order chi connectivity index (χ1) is 8.24. The van der Waals surface area contributed by atoms with E-state index in [1.807, 2.05) is 6.20 Å². The fourth-order valence-corrected chi connectivity index (χ4v) is 2.74. The predicted octanol–water partition coefficient (Wildman–Crippen LogP) is 1.88. The summed E-state index contributed by atoms with van der Waals surface area (Å²) in [6.45, 7) is 8.33. The molecule has 104 valence electrons. The van der Waals surface area contributed by atoms with E-state index in [1.54, 1.807) is 0 Å². The van der Waals surface area contributed by atoms with Gasteiger partial charge in [0, 0.05) is 31.9 Å². The minimum atomic E-state index is 0. The molecule has 2 N–H and O–H groups in total. The molecule has 0 spiro atoms. The van der Waals surface area contributed by atoms with Gasteiger partial charge in [0.05, 0.1) is 5.69 Å². The topological polar surface area (TPSA) is 47.1 Å². The molecule has 18 heavy (non-hydrogen) atoms. The van der Waals surface area contributed by atoms with Gasteiger partial charge in [0.2, 0.25) is 0 Å². The minimum absolute atomic E-state index is 0. The van der Waals surface area contributed by atoms with E-state index in [0.29, 0.717) is 6.04 Å². The van der Waals surface area contributed by atoms with E-state index in [9.17, 15) is 0 Å². The lowest BCUT2D eigenvalue weighted by Crippen LogP contribution is -2.45. The molecule has 2 atom stereocenters. The van der Waals surface area contributed by atoms with Crippen LogP contribution in [0.25, 0.3) is 0 Å². The Balaban J connectivity index is 0.00000162. The molecule has 1 saturated heterocycles. The van der Waals surface area contributed by atoms with Crippen molar-refractivity contribution in [2.24, 2.45) is 11.7 Å². The largest absolute Gasteiger partial charge is 0.329 e. The molecule has 0 aliphatic carbocycles. The number of nitrogens with zero attached hydrogens (tertiary/aromatic N) is 3. The highest BCUT2D eigenvalue weighted by molar-refractivity contribution is 5.85. The second-order valence-corrected chi connectivity index (χ2v) is 5.13. The summed E-state index contributed by atoms with van der Waals surface area (Å²) in [6, 6.07) is 2.66. The van der Waals surface area contributed by atoms with Crippen LogP contribution < -0.4 is 5.73 Å². The van der Waals surface area contributed by atoms with Crippen molar-refractivity contribution in [2.75, 3.05) is 13.1 Å². The highest BCUT2D eigenvalue weighted by Crippen LogP contribution is 2.23.